The maximum absolute atomic E-state index is 12.0. The zero-order valence-electron chi connectivity index (χ0n) is 11.2. The lowest BCUT2D eigenvalue weighted by Gasteiger charge is -2.10. The maximum atomic E-state index is 12.0. The van der Waals surface area contributed by atoms with E-state index in [0.717, 1.165) is 0 Å². The fraction of sp³-hybridized carbons (Fsp3) is 0.308. The maximum Gasteiger partial charge on any atom is 0.340 e. The van der Waals surface area contributed by atoms with Gasteiger partial charge in [0.25, 0.3) is 0 Å². The Bertz CT molecular complexity index is 625. The molecule has 2 rings (SSSR count). The number of halogens is 1. The first-order chi connectivity index (χ1) is 9.49. The normalized spacial score (nSPS) is 10.8. The predicted molar refractivity (Wildman–Crippen MR) is 75.4 cm³/mol. The van der Waals surface area contributed by atoms with Gasteiger partial charge >= 0.3 is 5.97 Å². The van der Waals surface area contributed by atoms with Gasteiger partial charge in [-0.1, -0.05) is 11.6 Å². The molecule has 0 aliphatic heterocycles. The molecule has 6 nitrogen and oxygen atoms in total. The van der Waals surface area contributed by atoms with E-state index in [1.165, 1.54) is 18.5 Å². The number of ether oxygens (including phenoxy) is 1. The van der Waals surface area contributed by atoms with Crippen molar-refractivity contribution >= 4 is 23.3 Å². The predicted octanol–water partition coefficient (Wildman–Crippen LogP) is 2.45. The summed E-state index contributed by atoms with van der Waals surface area (Å²) in [4.78, 5) is 16.0. The minimum atomic E-state index is -0.516. The van der Waals surface area contributed by atoms with Crippen molar-refractivity contribution in [2.75, 3.05) is 5.73 Å². The monoisotopic (exact) mass is 294 g/mol. The molecule has 0 amide bonds. The second-order valence-electron chi connectivity index (χ2n) is 4.52. The van der Waals surface area contributed by atoms with E-state index in [-0.39, 0.29) is 23.9 Å². The van der Waals surface area contributed by atoms with Crippen LogP contribution in [0.5, 0.6) is 0 Å². The van der Waals surface area contributed by atoms with Crippen molar-refractivity contribution in [3.8, 4) is 0 Å². The topological polar surface area (TPSA) is 83.0 Å². The number of esters is 1. The highest BCUT2D eigenvalue weighted by Crippen LogP contribution is 2.19. The molecule has 7 heteroatoms. The Morgan fingerprint density at radius 1 is 1.50 bits per heavy atom. The Morgan fingerprint density at radius 3 is 2.90 bits per heavy atom. The minimum absolute atomic E-state index is 0.0408. The van der Waals surface area contributed by atoms with Crippen LogP contribution in [0.15, 0.2) is 24.5 Å². The lowest BCUT2D eigenvalue weighted by molar-refractivity contribution is 0.0456. The van der Waals surface area contributed by atoms with Gasteiger partial charge in [-0.25, -0.2) is 14.5 Å². The highest BCUT2D eigenvalue weighted by molar-refractivity contribution is 6.31. The van der Waals surface area contributed by atoms with E-state index in [1.807, 2.05) is 13.8 Å². The van der Waals surface area contributed by atoms with Gasteiger partial charge in [-0.2, -0.15) is 5.10 Å². The van der Waals surface area contributed by atoms with Crippen LogP contribution in [0, 0.1) is 0 Å². The quantitative estimate of drug-likeness (QED) is 0.692. The average Bonchev–Trinajstić information content (AvgIpc) is 2.84. The standard InChI is InChI=1S/C13H15ClN4O2/c1-8(2)18-12(16-7-17-18)6-20-13(19)10-4-3-9(14)5-11(10)15/h3-5,7-8H,6,15H2,1-2H3. The smallest absolute Gasteiger partial charge is 0.340 e. The van der Waals surface area contributed by atoms with E-state index in [9.17, 15) is 4.79 Å². The van der Waals surface area contributed by atoms with Gasteiger partial charge in [0.2, 0.25) is 0 Å². The average molecular weight is 295 g/mol. The largest absolute Gasteiger partial charge is 0.454 e. The first kappa shape index (κ1) is 14.3. The van der Waals surface area contributed by atoms with Crippen LogP contribution in [-0.2, 0) is 11.3 Å². The highest BCUT2D eigenvalue weighted by Gasteiger charge is 2.14. The Kier molecular flexibility index (Phi) is 4.24. The third-order valence-electron chi connectivity index (χ3n) is 2.70. The zero-order chi connectivity index (χ0) is 14.7. The van der Waals surface area contributed by atoms with Crippen LogP contribution in [0.4, 0.5) is 5.69 Å². The number of rotatable bonds is 4. The third-order valence-corrected chi connectivity index (χ3v) is 2.94. The van der Waals surface area contributed by atoms with Gasteiger partial charge in [-0.15, -0.1) is 0 Å². The Balaban J connectivity index is 2.07. The first-order valence-electron chi connectivity index (χ1n) is 6.09. The SMILES string of the molecule is CC(C)n1ncnc1COC(=O)c1ccc(Cl)cc1N. The molecule has 20 heavy (non-hydrogen) atoms. The summed E-state index contributed by atoms with van der Waals surface area (Å²) in [5.41, 5.74) is 6.30. The van der Waals surface area contributed by atoms with Crippen LogP contribution in [0.3, 0.4) is 0 Å². The van der Waals surface area contributed by atoms with Crippen LogP contribution >= 0.6 is 11.6 Å². The van der Waals surface area contributed by atoms with Crippen LogP contribution < -0.4 is 5.73 Å². The van der Waals surface area contributed by atoms with Crippen molar-refractivity contribution < 1.29 is 9.53 Å². The number of nitrogen functional groups attached to an aromatic ring is 1. The molecule has 1 aromatic heterocycles. The van der Waals surface area contributed by atoms with Gasteiger partial charge in [0.05, 0.1) is 5.56 Å². The molecular weight excluding hydrogens is 280 g/mol. The first-order valence-corrected chi connectivity index (χ1v) is 6.47. The van der Waals surface area contributed by atoms with Crippen LogP contribution in [-0.4, -0.2) is 20.7 Å². The van der Waals surface area contributed by atoms with Gasteiger partial charge < -0.3 is 10.5 Å². The molecule has 2 aromatic rings. The van der Waals surface area contributed by atoms with Gasteiger partial charge in [0.15, 0.2) is 12.4 Å². The molecule has 0 aliphatic carbocycles. The second kappa shape index (κ2) is 5.92. The number of nitrogens with zero attached hydrogens (tertiary/aromatic N) is 3. The molecule has 0 saturated heterocycles. The Hall–Kier alpha value is -2.08. The number of carbonyl (C=O) groups excluding carboxylic acids is 1. The minimum Gasteiger partial charge on any atom is -0.454 e. The van der Waals surface area contributed by atoms with Crippen molar-refractivity contribution in [1.29, 1.82) is 0 Å². The molecule has 1 heterocycles. The summed E-state index contributed by atoms with van der Waals surface area (Å²) < 4.78 is 6.89. The lowest BCUT2D eigenvalue weighted by Crippen LogP contribution is -2.13. The molecule has 1 aromatic carbocycles. The number of nitrogens with two attached hydrogens (primary N) is 1. The zero-order valence-corrected chi connectivity index (χ0v) is 12.0. The fourth-order valence-corrected chi connectivity index (χ4v) is 1.92. The van der Waals surface area contributed by atoms with Crippen LogP contribution in [0.2, 0.25) is 5.02 Å². The fourth-order valence-electron chi connectivity index (χ4n) is 1.74. The number of hydrogen-bond donors (Lipinski definition) is 1. The molecule has 2 N–H and O–H groups in total. The highest BCUT2D eigenvalue weighted by atomic mass is 35.5. The van der Waals surface area contributed by atoms with Crippen molar-refractivity contribution in [2.45, 2.75) is 26.5 Å². The van der Waals surface area contributed by atoms with Crippen molar-refractivity contribution in [3.05, 3.63) is 40.9 Å². The summed E-state index contributed by atoms with van der Waals surface area (Å²) in [5, 5.41) is 4.54. The third kappa shape index (κ3) is 3.08. The summed E-state index contributed by atoms with van der Waals surface area (Å²) in [6.07, 6.45) is 1.43. The Labute approximate surface area is 121 Å². The molecular formula is C13H15ClN4O2. The molecule has 0 spiro atoms. The number of anilines is 1. The van der Waals surface area contributed by atoms with E-state index < -0.39 is 5.97 Å². The molecule has 0 aliphatic rings. The summed E-state index contributed by atoms with van der Waals surface area (Å²) >= 11 is 5.78. The summed E-state index contributed by atoms with van der Waals surface area (Å²) in [6, 6.07) is 4.78. The van der Waals surface area contributed by atoms with Gasteiger partial charge in [0, 0.05) is 16.8 Å². The van der Waals surface area contributed by atoms with Gasteiger partial charge in [-0.3, -0.25) is 0 Å². The Morgan fingerprint density at radius 2 is 2.25 bits per heavy atom. The van der Waals surface area contributed by atoms with Crippen LogP contribution in [0.1, 0.15) is 36.1 Å². The molecule has 0 bridgehead atoms. The summed E-state index contributed by atoms with van der Waals surface area (Å²) in [7, 11) is 0. The second-order valence-corrected chi connectivity index (χ2v) is 4.96. The number of carbonyl (C=O) groups is 1. The molecule has 0 saturated carbocycles. The van der Waals surface area contributed by atoms with Gasteiger partial charge in [0.1, 0.15) is 6.33 Å². The van der Waals surface area contributed by atoms with E-state index >= 15 is 0 Å². The van der Waals surface area contributed by atoms with Gasteiger partial charge in [-0.05, 0) is 32.0 Å². The van der Waals surface area contributed by atoms with Crippen molar-refractivity contribution in [1.82, 2.24) is 14.8 Å². The molecule has 0 unspecified atom stereocenters. The van der Waals surface area contributed by atoms with Crippen molar-refractivity contribution in [3.63, 3.8) is 0 Å². The van der Waals surface area contributed by atoms with Crippen LogP contribution in [0.25, 0.3) is 0 Å². The molecule has 0 fully saturated rings. The van der Waals surface area contributed by atoms with Crippen molar-refractivity contribution in [2.24, 2.45) is 0 Å². The lowest BCUT2D eigenvalue weighted by atomic mass is 10.2. The summed E-state index contributed by atoms with van der Waals surface area (Å²) in [5.74, 6) is 0.0679. The number of benzene rings is 1. The molecule has 0 radical (unpaired) electrons. The summed E-state index contributed by atoms with van der Waals surface area (Å²) in [6.45, 7) is 3.98. The van der Waals surface area contributed by atoms with E-state index in [0.29, 0.717) is 10.8 Å². The molecule has 0 atom stereocenters. The van der Waals surface area contributed by atoms with E-state index in [4.69, 9.17) is 22.1 Å². The van der Waals surface area contributed by atoms with E-state index in [2.05, 4.69) is 10.1 Å². The van der Waals surface area contributed by atoms with E-state index in [1.54, 1.807) is 10.7 Å². The molecule has 106 valence electrons. The number of hydrogen-bond acceptors (Lipinski definition) is 5. The number of aromatic nitrogens is 3.